The highest BCUT2D eigenvalue weighted by Crippen LogP contribution is 2.12. The van der Waals surface area contributed by atoms with Gasteiger partial charge in [-0.05, 0) is 31.2 Å². The van der Waals surface area contributed by atoms with Gasteiger partial charge >= 0.3 is 0 Å². The largest absolute Gasteiger partial charge is 0.491 e. The highest BCUT2D eigenvalue weighted by molar-refractivity contribution is 5.22. The molecular weight excluding hydrogens is 249 g/mol. The number of β-amino-alcohol motifs (C(OH)–C–C–N with tert-alkyl or cyclic N) is 1. The highest BCUT2D eigenvalue weighted by atomic mass is 19.1. The molecule has 0 unspecified atom stereocenters. The summed E-state index contributed by atoms with van der Waals surface area (Å²) in [7, 11) is 0. The van der Waals surface area contributed by atoms with Crippen molar-refractivity contribution in [2.45, 2.75) is 19.1 Å². The molecule has 0 amide bonds. The number of benzene rings is 1. The molecule has 2 atom stereocenters. The number of aliphatic hydroxyl groups excluding tert-OH is 1. The zero-order valence-electron chi connectivity index (χ0n) is 11.1. The molecule has 1 aliphatic heterocycles. The first-order valence-electron chi connectivity index (χ1n) is 6.54. The lowest BCUT2D eigenvalue weighted by molar-refractivity contribution is -0.0361. The molecule has 0 bridgehead atoms. The molecule has 19 heavy (non-hydrogen) atoms. The molecule has 1 aromatic rings. The highest BCUT2D eigenvalue weighted by Gasteiger charge is 2.19. The van der Waals surface area contributed by atoms with Gasteiger partial charge in [-0.3, -0.25) is 4.90 Å². The van der Waals surface area contributed by atoms with Crippen molar-refractivity contribution in [3.05, 3.63) is 30.1 Å². The molecule has 4 nitrogen and oxygen atoms in total. The Hall–Kier alpha value is -1.17. The number of hydrogen-bond donors (Lipinski definition) is 1. The number of rotatable bonds is 5. The Kier molecular flexibility index (Phi) is 5.13. The second kappa shape index (κ2) is 6.84. The number of aliphatic hydroxyl groups is 1. The number of hydrogen-bond acceptors (Lipinski definition) is 4. The van der Waals surface area contributed by atoms with E-state index in [1.165, 1.54) is 12.1 Å². The first-order chi connectivity index (χ1) is 9.13. The summed E-state index contributed by atoms with van der Waals surface area (Å²) in [6, 6.07) is 5.79. The molecule has 0 aromatic heterocycles. The minimum atomic E-state index is -0.560. The van der Waals surface area contributed by atoms with Crippen LogP contribution in [0.3, 0.4) is 0 Å². The molecule has 5 heteroatoms. The van der Waals surface area contributed by atoms with E-state index in [-0.39, 0.29) is 18.5 Å². The monoisotopic (exact) mass is 269 g/mol. The standard InChI is InChI=1S/C14H20FNO3/c1-11-8-16(6-7-18-11)9-13(17)10-19-14-4-2-12(15)3-5-14/h2-5,11,13,17H,6-10H2,1H3/t11-,13-/m0/s1. The van der Waals surface area contributed by atoms with Gasteiger partial charge in [-0.2, -0.15) is 0 Å². The van der Waals surface area contributed by atoms with Crippen molar-refractivity contribution in [2.75, 3.05) is 32.8 Å². The van der Waals surface area contributed by atoms with Crippen LogP contribution < -0.4 is 4.74 Å². The van der Waals surface area contributed by atoms with Crippen LogP contribution in [0.2, 0.25) is 0 Å². The lowest BCUT2D eigenvalue weighted by Crippen LogP contribution is -2.45. The van der Waals surface area contributed by atoms with E-state index in [1.807, 2.05) is 6.92 Å². The fraction of sp³-hybridized carbons (Fsp3) is 0.571. The third-order valence-corrected chi connectivity index (χ3v) is 3.05. The van der Waals surface area contributed by atoms with E-state index in [1.54, 1.807) is 12.1 Å². The lowest BCUT2D eigenvalue weighted by atomic mass is 10.2. The normalized spacial score (nSPS) is 22.2. The minimum absolute atomic E-state index is 0.206. The topological polar surface area (TPSA) is 41.9 Å². The third kappa shape index (κ3) is 4.78. The molecule has 0 aliphatic carbocycles. The fourth-order valence-corrected chi connectivity index (χ4v) is 2.13. The summed E-state index contributed by atoms with van der Waals surface area (Å²) in [5.74, 6) is 0.269. The second-order valence-corrected chi connectivity index (χ2v) is 4.86. The van der Waals surface area contributed by atoms with E-state index >= 15 is 0 Å². The van der Waals surface area contributed by atoms with Crippen LogP contribution in [0.15, 0.2) is 24.3 Å². The fourth-order valence-electron chi connectivity index (χ4n) is 2.13. The maximum Gasteiger partial charge on any atom is 0.123 e. The van der Waals surface area contributed by atoms with E-state index in [0.29, 0.717) is 18.9 Å². The summed E-state index contributed by atoms with van der Waals surface area (Å²) < 4.78 is 23.6. The third-order valence-electron chi connectivity index (χ3n) is 3.05. The smallest absolute Gasteiger partial charge is 0.123 e. The van der Waals surface area contributed by atoms with Crippen LogP contribution in [0.5, 0.6) is 5.75 Å². The van der Waals surface area contributed by atoms with Gasteiger partial charge in [0.2, 0.25) is 0 Å². The summed E-state index contributed by atoms with van der Waals surface area (Å²) in [6.07, 6.45) is -0.352. The quantitative estimate of drug-likeness (QED) is 0.874. The average Bonchev–Trinajstić information content (AvgIpc) is 2.38. The van der Waals surface area contributed by atoms with Crippen molar-refractivity contribution in [3.8, 4) is 5.75 Å². The van der Waals surface area contributed by atoms with Gasteiger partial charge in [0.15, 0.2) is 0 Å². The molecule has 1 fully saturated rings. The van der Waals surface area contributed by atoms with Gasteiger partial charge in [-0.1, -0.05) is 0 Å². The van der Waals surface area contributed by atoms with Crippen LogP contribution in [0.4, 0.5) is 4.39 Å². The van der Waals surface area contributed by atoms with Crippen molar-refractivity contribution < 1.29 is 19.0 Å². The van der Waals surface area contributed by atoms with Gasteiger partial charge in [0.25, 0.3) is 0 Å². The molecule has 0 radical (unpaired) electrons. The van der Waals surface area contributed by atoms with Crippen molar-refractivity contribution in [1.82, 2.24) is 4.90 Å². The summed E-state index contributed by atoms with van der Waals surface area (Å²) in [5, 5.41) is 9.92. The van der Waals surface area contributed by atoms with Crippen LogP contribution in [0.1, 0.15) is 6.92 Å². The Morgan fingerprint density at radius 1 is 1.47 bits per heavy atom. The van der Waals surface area contributed by atoms with Crippen LogP contribution in [0, 0.1) is 5.82 Å². The van der Waals surface area contributed by atoms with E-state index < -0.39 is 6.10 Å². The van der Waals surface area contributed by atoms with Crippen LogP contribution in [-0.2, 0) is 4.74 Å². The Morgan fingerprint density at radius 2 is 2.21 bits per heavy atom. The van der Waals surface area contributed by atoms with Crippen LogP contribution in [-0.4, -0.2) is 55.1 Å². The first-order valence-corrected chi connectivity index (χ1v) is 6.54. The number of nitrogens with zero attached hydrogens (tertiary/aromatic N) is 1. The van der Waals surface area contributed by atoms with E-state index in [2.05, 4.69) is 4.90 Å². The van der Waals surface area contributed by atoms with Gasteiger partial charge in [0, 0.05) is 19.6 Å². The van der Waals surface area contributed by atoms with Crippen LogP contribution in [0.25, 0.3) is 0 Å². The molecule has 1 heterocycles. The Balaban J connectivity index is 1.72. The summed E-state index contributed by atoms with van der Waals surface area (Å²) in [5.41, 5.74) is 0. The van der Waals surface area contributed by atoms with Gasteiger partial charge in [-0.15, -0.1) is 0 Å². The first kappa shape index (κ1) is 14.2. The Morgan fingerprint density at radius 3 is 2.89 bits per heavy atom. The minimum Gasteiger partial charge on any atom is -0.491 e. The second-order valence-electron chi connectivity index (χ2n) is 4.86. The van der Waals surface area contributed by atoms with Crippen molar-refractivity contribution in [2.24, 2.45) is 0 Å². The predicted molar refractivity (Wildman–Crippen MR) is 69.8 cm³/mol. The number of halogens is 1. The van der Waals surface area contributed by atoms with E-state index in [4.69, 9.17) is 9.47 Å². The summed E-state index contributed by atoms with van der Waals surface area (Å²) >= 11 is 0. The maximum atomic E-state index is 12.7. The Labute approximate surface area is 112 Å². The van der Waals surface area contributed by atoms with Crippen molar-refractivity contribution >= 4 is 0 Å². The molecule has 1 N–H and O–H groups in total. The van der Waals surface area contributed by atoms with Crippen molar-refractivity contribution in [3.63, 3.8) is 0 Å². The van der Waals surface area contributed by atoms with Crippen LogP contribution >= 0.6 is 0 Å². The zero-order valence-corrected chi connectivity index (χ0v) is 11.1. The SMILES string of the molecule is C[C@H]1CN(C[C@H](O)COc2ccc(F)cc2)CCO1. The maximum absolute atomic E-state index is 12.7. The Bertz CT molecular complexity index is 385. The molecule has 0 spiro atoms. The zero-order chi connectivity index (χ0) is 13.7. The lowest BCUT2D eigenvalue weighted by Gasteiger charge is -2.32. The molecular formula is C14H20FNO3. The van der Waals surface area contributed by atoms with Crippen molar-refractivity contribution in [1.29, 1.82) is 0 Å². The summed E-state index contributed by atoms with van der Waals surface area (Å²) in [4.78, 5) is 2.16. The average molecular weight is 269 g/mol. The number of ether oxygens (including phenoxy) is 2. The summed E-state index contributed by atoms with van der Waals surface area (Å²) in [6.45, 7) is 5.15. The molecule has 1 aliphatic rings. The van der Waals surface area contributed by atoms with Gasteiger partial charge in [-0.25, -0.2) is 4.39 Å². The molecule has 1 saturated heterocycles. The van der Waals surface area contributed by atoms with Gasteiger partial charge in [0.1, 0.15) is 24.3 Å². The molecule has 1 aromatic carbocycles. The molecule has 106 valence electrons. The van der Waals surface area contributed by atoms with Gasteiger partial charge in [0.05, 0.1) is 12.7 Å². The van der Waals surface area contributed by atoms with E-state index in [9.17, 15) is 9.50 Å². The van der Waals surface area contributed by atoms with E-state index in [0.717, 1.165) is 13.1 Å². The molecule has 0 saturated carbocycles. The van der Waals surface area contributed by atoms with Gasteiger partial charge < -0.3 is 14.6 Å². The predicted octanol–water partition coefficient (Wildman–Crippen LogP) is 1.29. The number of morpholine rings is 1. The molecule has 2 rings (SSSR count).